The molecule has 0 aromatic rings. The highest BCUT2D eigenvalue weighted by Crippen LogP contribution is 2.29. The van der Waals surface area contributed by atoms with E-state index in [0.717, 1.165) is 26.1 Å². The second-order valence-corrected chi connectivity index (χ2v) is 5.75. The van der Waals surface area contributed by atoms with Gasteiger partial charge in [-0.05, 0) is 38.8 Å². The van der Waals surface area contributed by atoms with Crippen molar-refractivity contribution in [1.29, 1.82) is 0 Å². The average Bonchev–Trinajstić information content (AvgIpc) is 2.43. The molecule has 1 N–H and O–H groups in total. The summed E-state index contributed by atoms with van der Waals surface area (Å²) in [6.07, 6.45) is 3.67. The Hall–Kier alpha value is -0.650. The maximum atomic E-state index is 12.1. The number of piperidine rings is 2. The summed E-state index contributed by atoms with van der Waals surface area (Å²) in [5, 5.41) is 3.14. The molecule has 0 bridgehead atoms. The van der Waals surface area contributed by atoms with Crippen molar-refractivity contribution in [1.82, 2.24) is 15.1 Å². The molecule has 2 rings (SSSR count). The summed E-state index contributed by atoms with van der Waals surface area (Å²) in [7, 11) is 3.90. The van der Waals surface area contributed by atoms with Crippen LogP contribution in [0, 0.1) is 5.92 Å². The first-order valence-corrected chi connectivity index (χ1v) is 7.40. The summed E-state index contributed by atoms with van der Waals surface area (Å²) in [6, 6.07) is 0.694. The largest absolute Gasteiger partial charge is 0.383 e. The number of rotatable bonds is 5. The van der Waals surface area contributed by atoms with E-state index in [0.29, 0.717) is 25.1 Å². The lowest BCUT2D eigenvalue weighted by molar-refractivity contribution is -0.133. The van der Waals surface area contributed by atoms with Gasteiger partial charge in [0.25, 0.3) is 0 Å². The Morgan fingerprint density at radius 1 is 1.37 bits per heavy atom. The van der Waals surface area contributed by atoms with Gasteiger partial charge in [-0.15, -0.1) is 0 Å². The lowest BCUT2D eigenvalue weighted by atomic mass is 9.84. The number of methoxy groups -OCH3 is 1. The molecular weight excluding hydrogens is 242 g/mol. The SMILES string of the molecule is COCCNCC(=O)N1CCC2C(CCCN2C)C1. The summed E-state index contributed by atoms with van der Waals surface area (Å²) in [5.74, 6) is 0.915. The maximum Gasteiger partial charge on any atom is 0.236 e. The van der Waals surface area contributed by atoms with Gasteiger partial charge >= 0.3 is 0 Å². The van der Waals surface area contributed by atoms with Crippen LogP contribution in [0.1, 0.15) is 19.3 Å². The number of hydrogen-bond acceptors (Lipinski definition) is 4. The van der Waals surface area contributed by atoms with Crippen LogP contribution in [0.2, 0.25) is 0 Å². The van der Waals surface area contributed by atoms with Gasteiger partial charge in [0.15, 0.2) is 0 Å². The third kappa shape index (κ3) is 3.91. The van der Waals surface area contributed by atoms with Gasteiger partial charge in [0, 0.05) is 32.8 Å². The van der Waals surface area contributed by atoms with Crippen LogP contribution in [0.5, 0.6) is 0 Å². The third-order valence-electron chi connectivity index (χ3n) is 4.46. The number of nitrogens with zero attached hydrogens (tertiary/aromatic N) is 2. The lowest BCUT2D eigenvalue weighted by Gasteiger charge is -2.46. The molecule has 0 spiro atoms. The van der Waals surface area contributed by atoms with E-state index in [-0.39, 0.29) is 5.91 Å². The molecule has 2 aliphatic heterocycles. The fourth-order valence-corrected chi connectivity index (χ4v) is 3.36. The van der Waals surface area contributed by atoms with Gasteiger partial charge in [-0.1, -0.05) is 0 Å². The molecule has 0 aliphatic carbocycles. The van der Waals surface area contributed by atoms with Gasteiger partial charge in [-0.3, -0.25) is 4.79 Å². The van der Waals surface area contributed by atoms with Gasteiger partial charge in [0.1, 0.15) is 0 Å². The molecule has 19 heavy (non-hydrogen) atoms. The predicted molar refractivity (Wildman–Crippen MR) is 75.1 cm³/mol. The Bertz CT molecular complexity index is 298. The number of ether oxygens (including phenoxy) is 1. The van der Waals surface area contributed by atoms with Gasteiger partial charge in [-0.2, -0.15) is 0 Å². The zero-order chi connectivity index (χ0) is 13.7. The van der Waals surface area contributed by atoms with Crippen molar-refractivity contribution in [2.75, 3.05) is 53.5 Å². The van der Waals surface area contributed by atoms with Crippen LogP contribution < -0.4 is 5.32 Å². The van der Waals surface area contributed by atoms with Crippen LogP contribution in [-0.2, 0) is 9.53 Å². The van der Waals surface area contributed by atoms with Crippen molar-refractivity contribution in [3.63, 3.8) is 0 Å². The van der Waals surface area contributed by atoms with E-state index in [4.69, 9.17) is 4.74 Å². The number of fused-ring (bicyclic) bond motifs is 1. The Morgan fingerprint density at radius 2 is 2.21 bits per heavy atom. The second kappa shape index (κ2) is 7.22. The fraction of sp³-hybridized carbons (Fsp3) is 0.929. The number of amides is 1. The topological polar surface area (TPSA) is 44.8 Å². The molecule has 5 heteroatoms. The molecule has 5 nitrogen and oxygen atoms in total. The molecule has 2 saturated heterocycles. The minimum Gasteiger partial charge on any atom is -0.383 e. The summed E-state index contributed by atoms with van der Waals surface area (Å²) < 4.78 is 4.96. The van der Waals surface area contributed by atoms with Crippen LogP contribution in [0.3, 0.4) is 0 Å². The van der Waals surface area contributed by atoms with Gasteiger partial charge in [-0.25, -0.2) is 0 Å². The Morgan fingerprint density at radius 3 is 3.00 bits per heavy atom. The average molecular weight is 269 g/mol. The molecule has 2 heterocycles. The number of likely N-dealkylation sites (tertiary alicyclic amines) is 2. The number of carbonyl (C=O) groups is 1. The van der Waals surface area contributed by atoms with E-state index in [1.807, 2.05) is 4.90 Å². The van der Waals surface area contributed by atoms with Gasteiger partial charge in [0.2, 0.25) is 5.91 Å². The molecule has 0 saturated carbocycles. The van der Waals surface area contributed by atoms with E-state index in [1.165, 1.54) is 19.4 Å². The van der Waals surface area contributed by atoms with E-state index in [9.17, 15) is 4.79 Å². The summed E-state index contributed by atoms with van der Waals surface area (Å²) in [4.78, 5) is 16.6. The smallest absolute Gasteiger partial charge is 0.236 e. The molecule has 2 atom stereocenters. The zero-order valence-electron chi connectivity index (χ0n) is 12.2. The van der Waals surface area contributed by atoms with Crippen LogP contribution in [0.15, 0.2) is 0 Å². The van der Waals surface area contributed by atoms with E-state index < -0.39 is 0 Å². The predicted octanol–water partition coefficient (Wildman–Crippen LogP) is 0.165. The summed E-state index contributed by atoms with van der Waals surface area (Å²) in [6.45, 7) is 4.91. The molecule has 0 radical (unpaired) electrons. The minimum atomic E-state index is 0.239. The zero-order valence-corrected chi connectivity index (χ0v) is 12.2. The normalized spacial score (nSPS) is 28.2. The van der Waals surface area contributed by atoms with Crippen LogP contribution in [0.25, 0.3) is 0 Å². The number of carbonyl (C=O) groups excluding carboxylic acids is 1. The van der Waals surface area contributed by atoms with Crippen molar-refractivity contribution in [2.45, 2.75) is 25.3 Å². The standard InChI is InChI=1S/C14H27N3O2/c1-16-7-3-4-12-11-17(8-5-13(12)16)14(18)10-15-6-9-19-2/h12-13,15H,3-11H2,1-2H3. The maximum absolute atomic E-state index is 12.1. The Labute approximate surface area is 116 Å². The van der Waals surface area contributed by atoms with Crippen molar-refractivity contribution < 1.29 is 9.53 Å². The van der Waals surface area contributed by atoms with Crippen LogP contribution in [-0.4, -0.2) is 75.2 Å². The number of hydrogen-bond donors (Lipinski definition) is 1. The molecule has 2 unspecified atom stereocenters. The molecule has 2 fully saturated rings. The van der Waals surface area contributed by atoms with E-state index in [2.05, 4.69) is 17.3 Å². The summed E-state index contributed by atoms with van der Waals surface area (Å²) in [5.41, 5.74) is 0. The Balaban J connectivity index is 1.75. The number of nitrogens with one attached hydrogen (secondary N) is 1. The quantitative estimate of drug-likeness (QED) is 0.723. The lowest BCUT2D eigenvalue weighted by Crippen LogP contribution is -2.55. The van der Waals surface area contributed by atoms with Crippen LogP contribution >= 0.6 is 0 Å². The highest BCUT2D eigenvalue weighted by Gasteiger charge is 2.35. The van der Waals surface area contributed by atoms with Crippen molar-refractivity contribution in [3.8, 4) is 0 Å². The first-order valence-electron chi connectivity index (χ1n) is 7.40. The van der Waals surface area contributed by atoms with Crippen molar-refractivity contribution in [2.24, 2.45) is 5.92 Å². The fourth-order valence-electron chi connectivity index (χ4n) is 3.36. The molecule has 2 aliphatic rings. The molecule has 1 amide bonds. The first kappa shape index (κ1) is 14.8. The minimum absolute atomic E-state index is 0.239. The highest BCUT2D eigenvalue weighted by molar-refractivity contribution is 5.78. The Kier molecular flexibility index (Phi) is 5.60. The molecule has 0 aromatic carbocycles. The van der Waals surface area contributed by atoms with Crippen molar-refractivity contribution >= 4 is 5.91 Å². The summed E-state index contributed by atoms with van der Waals surface area (Å²) >= 11 is 0. The van der Waals surface area contributed by atoms with Crippen LogP contribution in [0.4, 0.5) is 0 Å². The van der Waals surface area contributed by atoms with Gasteiger partial charge < -0.3 is 19.9 Å². The highest BCUT2D eigenvalue weighted by atomic mass is 16.5. The molecule has 110 valence electrons. The monoisotopic (exact) mass is 269 g/mol. The van der Waals surface area contributed by atoms with Gasteiger partial charge in [0.05, 0.1) is 13.2 Å². The van der Waals surface area contributed by atoms with E-state index in [1.54, 1.807) is 7.11 Å². The second-order valence-electron chi connectivity index (χ2n) is 5.75. The van der Waals surface area contributed by atoms with E-state index >= 15 is 0 Å². The molecular formula is C14H27N3O2. The first-order chi connectivity index (χ1) is 9.22. The molecule has 0 aromatic heterocycles. The third-order valence-corrected chi connectivity index (χ3v) is 4.46. The van der Waals surface area contributed by atoms with Crippen molar-refractivity contribution in [3.05, 3.63) is 0 Å².